The van der Waals surface area contributed by atoms with Gasteiger partial charge in [-0.2, -0.15) is 0 Å². The monoisotopic (exact) mass is 522 g/mol. The first-order chi connectivity index (χ1) is 17.3. The molecule has 204 valence electrons. The third-order valence-electron chi connectivity index (χ3n) is 9.67. The van der Waals surface area contributed by atoms with Crippen LogP contribution in [0.2, 0.25) is 0 Å². The van der Waals surface area contributed by atoms with Crippen LogP contribution in [-0.4, -0.2) is 88.8 Å². The minimum absolute atomic E-state index is 0.00931. The van der Waals surface area contributed by atoms with Crippen LogP contribution in [0.15, 0.2) is 11.6 Å². The van der Waals surface area contributed by atoms with Gasteiger partial charge in [0, 0.05) is 23.2 Å². The Kier molecular flexibility index (Phi) is 5.91. The fraction of sp³-hybridized carbons (Fsp3) is 0.769. The standard InChI is InChI=1S/C26H34O11/c1-10(2)6-15(28)37-17-19-25-9-35-26(19,23(33)34-5)21(31)16(29)18(25)24(4)12(8-14(25)36-22(17)32)11(3)7-13(27)20(24)30/h7,10,12,14,16-21,29-31H,6,8-9H2,1-5H3/t12-,14+,16+,17+,18+,19+,20-,21-,24-,25+,26+/m0/s1. The summed E-state index contributed by atoms with van der Waals surface area (Å²) < 4.78 is 22.5. The molecule has 2 aliphatic heterocycles. The zero-order valence-corrected chi connectivity index (χ0v) is 21.5. The Morgan fingerprint density at radius 1 is 1.19 bits per heavy atom. The maximum Gasteiger partial charge on any atom is 0.348 e. The van der Waals surface area contributed by atoms with E-state index in [1.54, 1.807) is 27.7 Å². The van der Waals surface area contributed by atoms with Crippen molar-refractivity contribution in [3.05, 3.63) is 11.6 Å². The number of hydrogen-bond acceptors (Lipinski definition) is 11. The molecule has 11 nitrogen and oxygen atoms in total. The van der Waals surface area contributed by atoms with Crippen molar-refractivity contribution in [3.8, 4) is 0 Å². The molecule has 4 fully saturated rings. The van der Waals surface area contributed by atoms with Gasteiger partial charge in [-0.05, 0) is 31.3 Å². The highest BCUT2D eigenvalue weighted by atomic mass is 16.6. The van der Waals surface area contributed by atoms with Gasteiger partial charge in [0.1, 0.15) is 18.3 Å². The lowest BCUT2D eigenvalue weighted by molar-refractivity contribution is -0.298. The highest BCUT2D eigenvalue weighted by Crippen LogP contribution is 2.72. The third-order valence-corrected chi connectivity index (χ3v) is 9.67. The lowest BCUT2D eigenvalue weighted by Crippen LogP contribution is -2.80. The Balaban J connectivity index is 1.73. The van der Waals surface area contributed by atoms with Crippen LogP contribution in [0.3, 0.4) is 0 Å². The van der Waals surface area contributed by atoms with E-state index in [1.807, 2.05) is 0 Å². The molecule has 5 rings (SSSR count). The van der Waals surface area contributed by atoms with Gasteiger partial charge in [-0.15, -0.1) is 0 Å². The molecule has 2 saturated carbocycles. The van der Waals surface area contributed by atoms with Crippen molar-refractivity contribution < 1.29 is 53.4 Å². The average Bonchev–Trinajstić information content (AvgIpc) is 3.13. The van der Waals surface area contributed by atoms with Crippen molar-refractivity contribution >= 4 is 23.7 Å². The molecular formula is C26H34O11. The van der Waals surface area contributed by atoms with E-state index in [-0.39, 0.29) is 25.4 Å². The molecule has 3 aliphatic carbocycles. The predicted molar refractivity (Wildman–Crippen MR) is 122 cm³/mol. The molecule has 0 unspecified atom stereocenters. The maximum atomic E-state index is 13.4. The second kappa shape index (κ2) is 8.33. The minimum Gasteiger partial charge on any atom is -0.467 e. The van der Waals surface area contributed by atoms with E-state index in [9.17, 15) is 34.5 Å². The summed E-state index contributed by atoms with van der Waals surface area (Å²) in [5.41, 5.74) is -4.26. The molecule has 0 aromatic heterocycles. The number of methoxy groups -OCH3 is 1. The molecule has 2 saturated heterocycles. The first-order valence-electron chi connectivity index (χ1n) is 12.7. The van der Waals surface area contributed by atoms with E-state index in [1.165, 1.54) is 6.08 Å². The Hall–Kier alpha value is -2.34. The Labute approximate surface area is 214 Å². The molecule has 5 aliphatic rings. The van der Waals surface area contributed by atoms with Crippen LogP contribution < -0.4 is 0 Å². The lowest BCUT2D eigenvalue weighted by atomic mass is 9.38. The summed E-state index contributed by atoms with van der Waals surface area (Å²) in [6, 6.07) is 0. The number of aliphatic hydroxyl groups is 3. The summed E-state index contributed by atoms with van der Waals surface area (Å²) in [6.07, 6.45) is -6.13. The zero-order valence-electron chi connectivity index (χ0n) is 21.5. The first-order valence-corrected chi connectivity index (χ1v) is 12.7. The van der Waals surface area contributed by atoms with Crippen LogP contribution in [0.5, 0.6) is 0 Å². The highest BCUT2D eigenvalue weighted by Gasteiger charge is 2.85. The molecule has 0 aromatic carbocycles. The number of ketones is 1. The van der Waals surface area contributed by atoms with Crippen molar-refractivity contribution in [1.29, 1.82) is 0 Å². The summed E-state index contributed by atoms with van der Waals surface area (Å²) in [4.78, 5) is 52.3. The number of ether oxygens (including phenoxy) is 4. The Morgan fingerprint density at radius 2 is 1.86 bits per heavy atom. The first kappa shape index (κ1) is 26.3. The molecule has 37 heavy (non-hydrogen) atoms. The number of hydrogen-bond donors (Lipinski definition) is 3. The van der Waals surface area contributed by atoms with Crippen LogP contribution in [0, 0.1) is 34.5 Å². The van der Waals surface area contributed by atoms with E-state index in [4.69, 9.17) is 18.9 Å². The fourth-order valence-corrected chi connectivity index (χ4v) is 8.34. The predicted octanol–water partition coefficient (Wildman–Crippen LogP) is -0.318. The molecule has 0 aromatic rings. The van der Waals surface area contributed by atoms with Crippen LogP contribution in [0.1, 0.15) is 40.5 Å². The lowest BCUT2D eigenvalue weighted by Gasteiger charge is -2.67. The van der Waals surface area contributed by atoms with Gasteiger partial charge in [-0.25, -0.2) is 9.59 Å². The van der Waals surface area contributed by atoms with E-state index in [0.29, 0.717) is 5.57 Å². The van der Waals surface area contributed by atoms with Gasteiger partial charge in [0.25, 0.3) is 0 Å². The van der Waals surface area contributed by atoms with Gasteiger partial charge in [0.05, 0.1) is 25.7 Å². The third kappa shape index (κ3) is 3.08. The molecule has 3 N–H and O–H groups in total. The number of allylic oxidation sites excluding steroid dienone is 1. The van der Waals surface area contributed by atoms with E-state index >= 15 is 0 Å². The molecule has 2 heterocycles. The number of rotatable bonds is 4. The fourth-order valence-electron chi connectivity index (χ4n) is 8.34. The average molecular weight is 523 g/mol. The van der Waals surface area contributed by atoms with Gasteiger partial charge in [-0.1, -0.05) is 26.3 Å². The molecule has 11 heteroatoms. The summed E-state index contributed by atoms with van der Waals surface area (Å²) in [5, 5.41) is 34.4. The van der Waals surface area contributed by atoms with Crippen molar-refractivity contribution in [2.24, 2.45) is 34.5 Å². The number of carbonyl (C=O) groups is 4. The molecule has 1 spiro atoms. The molecule has 0 radical (unpaired) electrons. The van der Waals surface area contributed by atoms with Crippen LogP contribution in [0.25, 0.3) is 0 Å². The van der Waals surface area contributed by atoms with Gasteiger partial charge in [0.2, 0.25) is 11.7 Å². The highest BCUT2D eigenvalue weighted by molar-refractivity contribution is 5.96. The van der Waals surface area contributed by atoms with Gasteiger partial charge in [0.15, 0.2) is 5.78 Å². The molecule has 2 bridgehead atoms. The smallest absolute Gasteiger partial charge is 0.348 e. The second-order valence-corrected chi connectivity index (χ2v) is 11.9. The van der Waals surface area contributed by atoms with Crippen molar-refractivity contribution in [2.45, 2.75) is 76.7 Å². The second-order valence-electron chi connectivity index (χ2n) is 11.9. The Bertz CT molecular complexity index is 1080. The van der Waals surface area contributed by atoms with Gasteiger partial charge in [-0.3, -0.25) is 9.59 Å². The van der Waals surface area contributed by atoms with E-state index in [2.05, 4.69) is 0 Å². The summed E-state index contributed by atoms with van der Waals surface area (Å²) in [7, 11) is 1.09. The normalized spacial score (nSPS) is 48.0. The summed E-state index contributed by atoms with van der Waals surface area (Å²) in [5.74, 6) is -6.07. The van der Waals surface area contributed by atoms with Crippen LogP contribution in [0.4, 0.5) is 0 Å². The number of fused-ring (bicyclic) bond motifs is 2. The summed E-state index contributed by atoms with van der Waals surface area (Å²) >= 11 is 0. The van der Waals surface area contributed by atoms with Crippen molar-refractivity contribution in [2.75, 3.05) is 13.7 Å². The molecule has 11 atom stereocenters. The SMILES string of the molecule is COC(=O)[C@]12OC[C@]34[C@H]([C@@H](O)[C@@H]1O)[C@@]1(C)[C@@H](O)C(=O)C=C(C)[C@@H]1C[C@H]3OC(=O)[C@H](OC(=O)CC(C)C)[C@@H]24. The molecular weight excluding hydrogens is 488 g/mol. The van der Waals surface area contributed by atoms with Crippen LogP contribution in [-0.2, 0) is 38.1 Å². The Morgan fingerprint density at radius 3 is 2.49 bits per heavy atom. The van der Waals surface area contributed by atoms with Gasteiger partial charge >= 0.3 is 17.9 Å². The summed E-state index contributed by atoms with van der Waals surface area (Å²) in [6.45, 7) is 6.74. The number of esters is 3. The van der Waals surface area contributed by atoms with Gasteiger partial charge < -0.3 is 34.3 Å². The minimum atomic E-state index is -2.23. The number of aliphatic hydroxyl groups excluding tert-OH is 3. The zero-order chi connectivity index (χ0) is 27.2. The quantitative estimate of drug-likeness (QED) is 0.327. The topological polar surface area (TPSA) is 166 Å². The maximum absolute atomic E-state index is 13.4. The molecule has 0 amide bonds. The van der Waals surface area contributed by atoms with Crippen molar-refractivity contribution in [1.82, 2.24) is 0 Å². The van der Waals surface area contributed by atoms with E-state index < -0.39 is 88.4 Å². The number of carbonyl (C=O) groups excluding carboxylic acids is 4. The van der Waals surface area contributed by atoms with E-state index in [0.717, 1.165) is 7.11 Å². The largest absolute Gasteiger partial charge is 0.467 e. The van der Waals surface area contributed by atoms with Crippen molar-refractivity contribution in [3.63, 3.8) is 0 Å². The van der Waals surface area contributed by atoms with Crippen LogP contribution >= 0.6 is 0 Å².